The number of esters is 2. The zero-order chi connectivity index (χ0) is 25.0. The molecule has 0 aromatic heterocycles. The van der Waals surface area contributed by atoms with Gasteiger partial charge in [0.1, 0.15) is 12.2 Å². The fourth-order valence-electron chi connectivity index (χ4n) is 4.79. The van der Waals surface area contributed by atoms with Gasteiger partial charge in [-0.15, -0.1) is 0 Å². The highest BCUT2D eigenvalue weighted by atomic mass is 16.6. The smallest absolute Gasteiger partial charge is 0.307 e. The van der Waals surface area contributed by atoms with Gasteiger partial charge in [-0.3, -0.25) is 14.4 Å². The van der Waals surface area contributed by atoms with Crippen molar-refractivity contribution in [3.05, 3.63) is 35.5 Å². The Hall–Kier alpha value is -2.17. The molecule has 2 aliphatic rings. The first-order valence-corrected chi connectivity index (χ1v) is 13.2. The van der Waals surface area contributed by atoms with Gasteiger partial charge in [0.2, 0.25) is 0 Å². The van der Waals surface area contributed by atoms with E-state index < -0.39 is 17.6 Å². The zero-order valence-electron chi connectivity index (χ0n) is 21.7. The lowest BCUT2D eigenvalue weighted by molar-refractivity contribution is -0.151. The third-order valence-corrected chi connectivity index (χ3v) is 6.83. The lowest BCUT2D eigenvalue weighted by Crippen LogP contribution is -2.43. The molecule has 5 heteroatoms. The molecule has 0 unspecified atom stereocenters. The van der Waals surface area contributed by atoms with Gasteiger partial charge >= 0.3 is 11.9 Å². The molecule has 0 aromatic rings. The standard InChI is InChI=1S/C29H44O5/c1-5-6-7-8-9-10-11-12-16-27(31)33-24-17-18-25(30)29(20-24)21-28(32)34-26(29)19-23(4)15-13-14-22(2)3/h14,17-19,24,26H,5-13,15-16,20-21H2,1-4H3/b23-19+/t24-,26-,29+/m1/s1. The average molecular weight is 473 g/mol. The number of unbranched alkanes of at least 4 members (excludes halogenated alkanes) is 7. The highest BCUT2D eigenvalue weighted by Gasteiger charge is 2.55. The highest BCUT2D eigenvalue weighted by molar-refractivity contribution is 6.00. The third kappa shape index (κ3) is 8.88. The summed E-state index contributed by atoms with van der Waals surface area (Å²) >= 11 is 0. The first-order valence-electron chi connectivity index (χ1n) is 13.2. The lowest BCUT2D eigenvalue weighted by Gasteiger charge is -2.34. The summed E-state index contributed by atoms with van der Waals surface area (Å²) in [5, 5.41) is 0. The van der Waals surface area contributed by atoms with Crippen molar-refractivity contribution in [1.82, 2.24) is 0 Å². The van der Waals surface area contributed by atoms with Crippen LogP contribution in [-0.2, 0) is 23.9 Å². The Morgan fingerprint density at radius 1 is 1.06 bits per heavy atom. The molecule has 1 heterocycles. The zero-order valence-corrected chi connectivity index (χ0v) is 21.7. The molecule has 2 rings (SSSR count). The second-order valence-corrected chi connectivity index (χ2v) is 10.3. The quantitative estimate of drug-likeness (QED) is 0.155. The van der Waals surface area contributed by atoms with Crippen LogP contribution in [0.1, 0.15) is 111 Å². The molecule has 1 aliphatic heterocycles. The SMILES string of the molecule is CCCCCCCCCCC(=O)O[C@@H]1C=CC(=O)[C@@]2(CC(=O)O[C@@H]2/C=C(\C)CCC=C(C)C)C1. The highest BCUT2D eigenvalue weighted by Crippen LogP contribution is 2.45. The first kappa shape index (κ1) is 28.1. The minimum absolute atomic E-state index is 0.0324. The molecule has 0 amide bonds. The van der Waals surface area contributed by atoms with Crippen LogP contribution in [-0.4, -0.2) is 29.9 Å². The largest absolute Gasteiger partial charge is 0.458 e. The number of ketones is 1. The number of hydrogen-bond acceptors (Lipinski definition) is 5. The van der Waals surface area contributed by atoms with E-state index in [2.05, 4.69) is 26.8 Å². The molecule has 1 aliphatic carbocycles. The van der Waals surface area contributed by atoms with Crippen molar-refractivity contribution in [2.24, 2.45) is 5.41 Å². The van der Waals surface area contributed by atoms with Gasteiger partial charge in [-0.05, 0) is 58.3 Å². The number of carbonyl (C=O) groups is 3. The van der Waals surface area contributed by atoms with Crippen LogP contribution in [0.2, 0.25) is 0 Å². The Morgan fingerprint density at radius 3 is 2.41 bits per heavy atom. The summed E-state index contributed by atoms with van der Waals surface area (Å²) in [6.45, 7) is 8.35. The fraction of sp³-hybridized carbons (Fsp3) is 0.690. The summed E-state index contributed by atoms with van der Waals surface area (Å²) in [6.07, 6.45) is 17.9. The van der Waals surface area contributed by atoms with Crippen molar-refractivity contribution >= 4 is 17.7 Å². The minimum atomic E-state index is -0.979. The number of cyclic esters (lactones) is 1. The fourth-order valence-corrected chi connectivity index (χ4v) is 4.79. The van der Waals surface area contributed by atoms with Crippen LogP contribution in [0.3, 0.4) is 0 Å². The molecule has 0 aromatic carbocycles. The van der Waals surface area contributed by atoms with Crippen molar-refractivity contribution in [1.29, 1.82) is 0 Å². The van der Waals surface area contributed by atoms with E-state index in [1.54, 1.807) is 6.08 Å². The van der Waals surface area contributed by atoms with E-state index in [-0.39, 0.29) is 24.1 Å². The molecule has 190 valence electrons. The number of rotatable bonds is 14. The monoisotopic (exact) mass is 472 g/mol. The van der Waals surface area contributed by atoms with Gasteiger partial charge in [-0.1, -0.05) is 69.1 Å². The van der Waals surface area contributed by atoms with E-state index in [9.17, 15) is 14.4 Å². The molecular weight excluding hydrogens is 428 g/mol. The van der Waals surface area contributed by atoms with Crippen LogP contribution >= 0.6 is 0 Å². The normalized spacial score (nSPS) is 24.4. The maximum absolute atomic E-state index is 12.9. The molecule has 0 bridgehead atoms. The van der Waals surface area contributed by atoms with Gasteiger partial charge in [0.05, 0.1) is 11.8 Å². The van der Waals surface area contributed by atoms with Crippen molar-refractivity contribution in [3.63, 3.8) is 0 Å². The second kappa shape index (κ2) is 14.3. The molecule has 1 saturated heterocycles. The number of hydrogen-bond donors (Lipinski definition) is 0. The Labute approximate surface area is 206 Å². The molecule has 1 fully saturated rings. The van der Waals surface area contributed by atoms with E-state index in [0.717, 1.165) is 37.7 Å². The Morgan fingerprint density at radius 2 is 1.74 bits per heavy atom. The van der Waals surface area contributed by atoms with Crippen LogP contribution in [0, 0.1) is 5.41 Å². The topological polar surface area (TPSA) is 69.7 Å². The summed E-state index contributed by atoms with van der Waals surface area (Å²) in [4.78, 5) is 37.6. The predicted molar refractivity (Wildman–Crippen MR) is 135 cm³/mol. The van der Waals surface area contributed by atoms with Crippen LogP contribution in [0.25, 0.3) is 0 Å². The third-order valence-electron chi connectivity index (χ3n) is 6.83. The number of ether oxygens (including phenoxy) is 2. The summed E-state index contributed by atoms with van der Waals surface area (Å²) in [5.41, 5.74) is 1.37. The number of allylic oxidation sites excluding steroid dienone is 4. The van der Waals surface area contributed by atoms with Crippen molar-refractivity contribution in [2.45, 2.75) is 123 Å². The Bertz CT molecular complexity index is 786. The molecule has 5 nitrogen and oxygen atoms in total. The van der Waals surface area contributed by atoms with Crippen LogP contribution in [0.5, 0.6) is 0 Å². The second-order valence-electron chi connectivity index (χ2n) is 10.3. The average Bonchev–Trinajstić information content (AvgIpc) is 3.07. The van der Waals surface area contributed by atoms with Gasteiger partial charge in [0.25, 0.3) is 0 Å². The van der Waals surface area contributed by atoms with Crippen molar-refractivity contribution in [3.8, 4) is 0 Å². The van der Waals surface area contributed by atoms with Gasteiger partial charge in [-0.25, -0.2) is 0 Å². The lowest BCUT2D eigenvalue weighted by atomic mass is 9.69. The van der Waals surface area contributed by atoms with Crippen molar-refractivity contribution < 1.29 is 23.9 Å². The van der Waals surface area contributed by atoms with E-state index in [1.807, 2.05) is 13.0 Å². The summed E-state index contributed by atoms with van der Waals surface area (Å²) in [5.74, 6) is -0.724. The van der Waals surface area contributed by atoms with E-state index >= 15 is 0 Å². The molecular formula is C29H44O5. The molecule has 3 atom stereocenters. The summed E-state index contributed by atoms with van der Waals surface area (Å²) < 4.78 is 11.3. The van der Waals surface area contributed by atoms with Crippen molar-refractivity contribution in [2.75, 3.05) is 0 Å². The number of carbonyl (C=O) groups excluding carboxylic acids is 3. The van der Waals surface area contributed by atoms with Crippen LogP contribution in [0.15, 0.2) is 35.5 Å². The van der Waals surface area contributed by atoms with E-state index in [1.165, 1.54) is 43.8 Å². The first-order chi connectivity index (χ1) is 16.3. The van der Waals surface area contributed by atoms with E-state index in [4.69, 9.17) is 9.47 Å². The summed E-state index contributed by atoms with van der Waals surface area (Å²) in [6, 6.07) is 0. The van der Waals surface area contributed by atoms with Gasteiger partial charge < -0.3 is 9.47 Å². The molecule has 34 heavy (non-hydrogen) atoms. The van der Waals surface area contributed by atoms with Crippen LogP contribution < -0.4 is 0 Å². The maximum atomic E-state index is 12.9. The summed E-state index contributed by atoms with van der Waals surface area (Å²) in [7, 11) is 0. The van der Waals surface area contributed by atoms with E-state index in [0.29, 0.717) is 12.8 Å². The maximum Gasteiger partial charge on any atom is 0.307 e. The Balaban J connectivity index is 1.88. The molecule has 0 N–H and O–H groups in total. The molecule has 0 saturated carbocycles. The Kier molecular flexibility index (Phi) is 11.8. The predicted octanol–water partition coefficient (Wildman–Crippen LogP) is 6.95. The minimum Gasteiger partial charge on any atom is -0.458 e. The van der Waals surface area contributed by atoms with Gasteiger partial charge in [-0.2, -0.15) is 0 Å². The molecule has 1 spiro atoms. The van der Waals surface area contributed by atoms with Crippen LogP contribution in [0.4, 0.5) is 0 Å². The van der Waals surface area contributed by atoms with Gasteiger partial charge in [0, 0.05) is 12.8 Å². The molecule has 0 radical (unpaired) electrons. The van der Waals surface area contributed by atoms with Gasteiger partial charge in [0.15, 0.2) is 5.78 Å².